The standard InChI is InChI=1S/C13H15N3O5/c17-11-2-1-7-5-15(6-9(7)11)12-3-8(13(18)19)10(4-14-12)16(20)21/h3-4,7,9,11,17H,1-2,5-6H2,(H,18,19). The predicted molar refractivity (Wildman–Crippen MR) is 72.3 cm³/mol. The molecular formula is C13H15N3O5. The number of carboxylic acid groups (broad SMARTS) is 1. The van der Waals surface area contributed by atoms with Crippen LogP contribution in [0, 0.1) is 22.0 Å². The summed E-state index contributed by atoms with van der Waals surface area (Å²) in [5.74, 6) is -0.370. The number of rotatable bonds is 3. The number of carbonyl (C=O) groups is 1. The lowest BCUT2D eigenvalue weighted by Crippen LogP contribution is -2.25. The molecule has 2 aliphatic rings. The van der Waals surface area contributed by atoms with Gasteiger partial charge in [0.05, 0.1) is 11.0 Å². The molecule has 0 aromatic carbocycles. The summed E-state index contributed by atoms with van der Waals surface area (Å²) in [6.07, 6.45) is 2.42. The van der Waals surface area contributed by atoms with Gasteiger partial charge in [0.15, 0.2) is 0 Å². The summed E-state index contributed by atoms with van der Waals surface area (Å²) in [6, 6.07) is 1.24. The number of anilines is 1. The third-order valence-electron chi connectivity index (χ3n) is 4.44. The van der Waals surface area contributed by atoms with Gasteiger partial charge >= 0.3 is 11.7 Å². The Labute approximate surface area is 120 Å². The summed E-state index contributed by atoms with van der Waals surface area (Å²) in [7, 11) is 0. The molecule has 2 fully saturated rings. The Morgan fingerprint density at radius 3 is 2.81 bits per heavy atom. The quantitative estimate of drug-likeness (QED) is 0.628. The lowest BCUT2D eigenvalue weighted by atomic mass is 10.00. The third-order valence-corrected chi connectivity index (χ3v) is 4.44. The Morgan fingerprint density at radius 1 is 1.43 bits per heavy atom. The first-order valence-electron chi connectivity index (χ1n) is 6.78. The van der Waals surface area contributed by atoms with Crippen molar-refractivity contribution in [3.8, 4) is 0 Å². The van der Waals surface area contributed by atoms with Crippen LogP contribution in [-0.2, 0) is 0 Å². The van der Waals surface area contributed by atoms with E-state index in [9.17, 15) is 20.0 Å². The number of nitrogens with zero attached hydrogens (tertiary/aromatic N) is 3. The fourth-order valence-electron chi connectivity index (χ4n) is 3.35. The van der Waals surface area contributed by atoms with Crippen molar-refractivity contribution in [2.75, 3.05) is 18.0 Å². The van der Waals surface area contributed by atoms with E-state index in [2.05, 4.69) is 4.98 Å². The Bertz CT molecular complexity index is 605. The summed E-state index contributed by atoms with van der Waals surface area (Å²) in [6.45, 7) is 1.31. The van der Waals surface area contributed by atoms with Gasteiger partial charge in [-0.1, -0.05) is 0 Å². The molecule has 1 aliphatic carbocycles. The summed E-state index contributed by atoms with van der Waals surface area (Å²) in [5, 5.41) is 29.8. The Balaban J connectivity index is 1.89. The van der Waals surface area contributed by atoms with E-state index in [1.54, 1.807) is 0 Å². The van der Waals surface area contributed by atoms with Gasteiger partial charge in [-0.3, -0.25) is 10.1 Å². The first-order valence-corrected chi connectivity index (χ1v) is 6.78. The highest BCUT2D eigenvalue weighted by atomic mass is 16.6. The van der Waals surface area contributed by atoms with Crippen LogP contribution in [0.25, 0.3) is 0 Å². The highest BCUT2D eigenvalue weighted by Gasteiger charge is 2.42. The van der Waals surface area contributed by atoms with Gasteiger partial charge in [-0.05, 0) is 18.8 Å². The zero-order valence-electron chi connectivity index (χ0n) is 11.2. The van der Waals surface area contributed by atoms with Gasteiger partial charge in [-0.15, -0.1) is 0 Å². The van der Waals surface area contributed by atoms with E-state index in [0.29, 0.717) is 24.8 Å². The van der Waals surface area contributed by atoms with Crippen LogP contribution in [-0.4, -0.2) is 45.3 Å². The van der Waals surface area contributed by atoms with Gasteiger partial charge in [0, 0.05) is 25.1 Å². The summed E-state index contributed by atoms with van der Waals surface area (Å²) >= 11 is 0. The maximum absolute atomic E-state index is 11.2. The van der Waals surface area contributed by atoms with Gasteiger partial charge < -0.3 is 15.1 Å². The van der Waals surface area contributed by atoms with Crippen LogP contribution in [0.4, 0.5) is 11.5 Å². The Kier molecular flexibility index (Phi) is 3.25. The Morgan fingerprint density at radius 2 is 2.19 bits per heavy atom. The number of aliphatic hydroxyl groups is 1. The molecule has 2 N–H and O–H groups in total. The van der Waals surface area contributed by atoms with Crippen LogP contribution in [0.15, 0.2) is 12.3 Å². The Hall–Kier alpha value is -2.22. The van der Waals surface area contributed by atoms with E-state index >= 15 is 0 Å². The van der Waals surface area contributed by atoms with Crippen molar-refractivity contribution in [3.05, 3.63) is 27.9 Å². The minimum Gasteiger partial charge on any atom is -0.477 e. The number of aromatic nitrogens is 1. The molecule has 1 saturated heterocycles. The molecule has 8 heteroatoms. The highest BCUT2D eigenvalue weighted by Crippen LogP contribution is 2.39. The van der Waals surface area contributed by atoms with Crippen LogP contribution >= 0.6 is 0 Å². The number of fused-ring (bicyclic) bond motifs is 1. The molecule has 1 saturated carbocycles. The number of carboxylic acids is 1. The van der Waals surface area contributed by atoms with Crippen LogP contribution in [0.5, 0.6) is 0 Å². The van der Waals surface area contributed by atoms with Crippen molar-refractivity contribution in [2.45, 2.75) is 18.9 Å². The second kappa shape index (κ2) is 4.96. The molecule has 0 bridgehead atoms. The van der Waals surface area contributed by atoms with Crippen LogP contribution in [0.3, 0.4) is 0 Å². The van der Waals surface area contributed by atoms with E-state index < -0.39 is 16.6 Å². The number of nitro groups is 1. The summed E-state index contributed by atoms with van der Waals surface area (Å²) < 4.78 is 0. The molecule has 2 heterocycles. The largest absolute Gasteiger partial charge is 0.477 e. The molecule has 1 aromatic heterocycles. The van der Waals surface area contributed by atoms with Crippen LogP contribution in [0.2, 0.25) is 0 Å². The minimum atomic E-state index is -1.34. The number of hydrogen-bond acceptors (Lipinski definition) is 6. The molecule has 3 rings (SSSR count). The average molecular weight is 293 g/mol. The molecule has 3 unspecified atom stereocenters. The van der Waals surface area contributed by atoms with Gasteiger partial charge in [-0.25, -0.2) is 9.78 Å². The number of aromatic carboxylic acids is 1. The lowest BCUT2D eigenvalue weighted by molar-refractivity contribution is -0.385. The fourth-order valence-corrected chi connectivity index (χ4v) is 3.35. The smallest absolute Gasteiger partial charge is 0.342 e. The van der Waals surface area contributed by atoms with Crippen molar-refractivity contribution in [1.82, 2.24) is 4.98 Å². The van der Waals surface area contributed by atoms with Gasteiger partial charge in [0.1, 0.15) is 17.6 Å². The first-order chi connectivity index (χ1) is 9.97. The zero-order chi connectivity index (χ0) is 15.1. The van der Waals surface area contributed by atoms with Gasteiger partial charge in [-0.2, -0.15) is 0 Å². The van der Waals surface area contributed by atoms with Crippen molar-refractivity contribution < 1.29 is 19.9 Å². The molecule has 1 aromatic rings. The molecule has 21 heavy (non-hydrogen) atoms. The predicted octanol–water partition coefficient (Wildman–Crippen LogP) is 0.895. The van der Waals surface area contributed by atoms with E-state index in [-0.39, 0.29) is 17.6 Å². The van der Waals surface area contributed by atoms with Crippen LogP contribution in [0.1, 0.15) is 23.2 Å². The number of pyridine rings is 1. The monoisotopic (exact) mass is 293 g/mol. The second-order valence-corrected chi connectivity index (χ2v) is 5.60. The van der Waals surface area contributed by atoms with Crippen molar-refractivity contribution in [2.24, 2.45) is 11.8 Å². The highest BCUT2D eigenvalue weighted by molar-refractivity contribution is 5.93. The normalized spacial score (nSPS) is 27.7. The molecule has 3 atom stereocenters. The average Bonchev–Trinajstić information content (AvgIpc) is 3.00. The summed E-state index contributed by atoms with van der Waals surface area (Å²) in [4.78, 5) is 27.1. The first kappa shape index (κ1) is 13.7. The molecule has 0 amide bonds. The minimum absolute atomic E-state index is 0.176. The van der Waals surface area contributed by atoms with Crippen molar-refractivity contribution in [3.63, 3.8) is 0 Å². The number of hydrogen-bond donors (Lipinski definition) is 2. The van der Waals surface area contributed by atoms with Crippen LogP contribution < -0.4 is 4.90 Å². The lowest BCUT2D eigenvalue weighted by Gasteiger charge is -2.19. The van der Waals surface area contributed by atoms with Crippen molar-refractivity contribution >= 4 is 17.5 Å². The van der Waals surface area contributed by atoms with E-state index in [1.807, 2.05) is 4.90 Å². The summed E-state index contributed by atoms with van der Waals surface area (Å²) in [5.41, 5.74) is -0.867. The molecule has 1 aliphatic heterocycles. The van der Waals surface area contributed by atoms with E-state index in [4.69, 9.17) is 5.11 Å². The van der Waals surface area contributed by atoms with Gasteiger partial charge in [0.25, 0.3) is 0 Å². The molecule has 8 nitrogen and oxygen atoms in total. The van der Waals surface area contributed by atoms with E-state index in [0.717, 1.165) is 19.0 Å². The topological polar surface area (TPSA) is 117 Å². The second-order valence-electron chi connectivity index (χ2n) is 5.60. The van der Waals surface area contributed by atoms with Gasteiger partial charge in [0.2, 0.25) is 0 Å². The molecule has 0 radical (unpaired) electrons. The SMILES string of the molecule is O=C(O)c1cc(N2CC3CCC(O)C3C2)ncc1[N+](=O)[O-]. The fraction of sp³-hybridized carbons (Fsp3) is 0.538. The number of aliphatic hydroxyl groups excluding tert-OH is 1. The molecule has 112 valence electrons. The zero-order valence-corrected chi connectivity index (χ0v) is 11.2. The van der Waals surface area contributed by atoms with Crippen molar-refractivity contribution in [1.29, 1.82) is 0 Å². The van der Waals surface area contributed by atoms with E-state index in [1.165, 1.54) is 6.07 Å². The maximum Gasteiger partial charge on any atom is 0.342 e. The molecular weight excluding hydrogens is 278 g/mol. The third kappa shape index (κ3) is 2.31. The molecule has 0 spiro atoms. The maximum atomic E-state index is 11.2.